The molecule has 1 rings (SSSR count). The molecule has 1 amide bonds. The Balaban J connectivity index is 2.46. The van der Waals surface area contributed by atoms with Crippen LogP contribution in [0.2, 0.25) is 5.02 Å². The lowest BCUT2D eigenvalue weighted by atomic mass is 10.1. The molecule has 0 saturated heterocycles. The number of nitrogens with one attached hydrogen (secondary N) is 1. The number of rotatable bonds is 7. The molecule has 2 atom stereocenters. The van der Waals surface area contributed by atoms with Gasteiger partial charge in [-0.3, -0.25) is 4.79 Å². The summed E-state index contributed by atoms with van der Waals surface area (Å²) in [5.74, 6) is 2.72. The molecule has 0 spiro atoms. The van der Waals surface area contributed by atoms with Crippen LogP contribution in [0.4, 0.5) is 0 Å². The van der Waals surface area contributed by atoms with E-state index in [4.69, 9.17) is 18.0 Å². The molecule has 3 nitrogen and oxygen atoms in total. The third-order valence-corrected chi connectivity index (χ3v) is 3.44. The van der Waals surface area contributed by atoms with Crippen molar-refractivity contribution in [1.82, 2.24) is 10.2 Å². The van der Waals surface area contributed by atoms with Crippen molar-refractivity contribution in [2.24, 2.45) is 0 Å². The number of hydrogen-bond acceptors (Lipinski definition) is 2. The van der Waals surface area contributed by atoms with Crippen molar-refractivity contribution in [3.05, 3.63) is 34.9 Å². The Morgan fingerprint density at radius 3 is 2.76 bits per heavy atom. The van der Waals surface area contributed by atoms with Crippen molar-refractivity contribution < 1.29 is 4.79 Å². The zero-order chi connectivity index (χ0) is 15.8. The fraction of sp³-hybridized carbons (Fsp3) is 0.471. The molecule has 0 aliphatic carbocycles. The number of nitrogens with zero attached hydrogens (tertiary/aromatic N) is 1. The zero-order valence-corrected chi connectivity index (χ0v) is 13.7. The molecule has 0 saturated carbocycles. The second-order valence-corrected chi connectivity index (χ2v) is 5.90. The number of halogens is 1. The van der Waals surface area contributed by atoms with Crippen LogP contribution in [0.25, 0.3) is 0 Å². The Morgan fingerprint density at radius 2 is 2.14 bits per heavy atom. The Kier molecular flexibility index (Phi) is 7.28. The van der Waals surface area contributed by atoms with Gasteiger partial charge < -0.3 is 10.2 Å². The number of terminal acetylenes is 1. The van der Waals surface area contributed by atoms with Gasteiger partial charge in [-0.15, -0.1) is 12.3 Å². The first-order valence-corrected chi connectivity index (χ1v) is 7.48. The van der Waals surface area contributed by atoms with Crippen molar-refractivity contribution in [2.45, 2.75) is 45.3 Å². The monoisotopic (exact) mass is 306 g/mol. The molecule has 0 bridgehead atoms. The Bertz CT molecular complexity index is 510. The first-order valence-electron chi connectivity index (χ1n) is 7.10. The summed E-state index contributed by atoms with van der Waals surface area (Å²) in [4.78, 5) is 13.9. The molecule has 0 unspecified atom stereocenters. The highest BCUT2D eigenvalue weighted by Gasteiger charge is 2.15. The van der Waals surface area contributed by atoms with Gasteiger partial charge in [-0.2, -0.15) is 0 Å². The van der Waals surface area contributed by atoms with Gasteiger partial charge in [-0.05, 0) is 31.5 Å². The molecule has 0 aliphatic heterocycles. The van der Waals surface area contributed by atoms with Crippen LogP contribution in [0.5, 0.6) is 0 Å². The normalized spacial score (nSPS) is 13.3. The average Bonchev–Trinajstić information content (AvgIpc) is 2.38. The fourth-order valence-corrected chi connectivity index (χ4v) is 2.41. The van der Waals surface area contributed by atoms with Crippen molar-refractivity contribution in [1.29, 1.82) is 0 Å². The summed E-state index contributed by atoms with van der Waals surface area (Å²) < 4.78 is 0. The highest BCUT2D eigenvalue weighted by Crippen LogP contribution is 2.12. The van der Waals surface area contributed by atoms with Crippen molar-refractivity contribution >= 4 is 17.5 Å². The number of amides is 1. The summed E-state index contributed by atoms with van der Waals surface area (Å²) >= 11 is 5.95. The Hall–Kier alpha value is -1.50. The van der Waals surface area contributed by atoms with E-state index in [1.807, 2.05) is 38.1 Å². The molecule has 0 heterocycles. The van der Waals surface area contributed by atoms with E-state index in [2.05, 4.69) is 11.2 Å². The first-order chi connectivity index (χ1) is 9.92. The van der Waals surface area contributed by atoms with Gasteiger partial charge in [0.25, 0.3) is 0 Å². The number of carbonyl (C=O) groups excluding carboxylic acids is 1. The minimum Gasteiger partial charge on any atom is -0.341 e. The second-order valence-electron chi connectivity index (χ2n) is 5.46. The highest BCUT2D eigenvalue weighted by atomic mass is 35.5. The standard InChI is InChI=1S/C17H23ClN2O/c1-5-7-13(2)19-14(3)10-17(21)20(4)12-15-8-6-9-16(18)11-15/h1,6,8-9,11,13-14,19H,7,10,12H2,2-4H3/t13-,14-/m0/s1. The zero-order valence-electron chi connectivity index (χ0n) is 12.9. The van der Waals surface area contributed by atoms with E-state index < -0.39 is 0 Å². The Labute approximate surface area is 132 Å². The van der Waals surface area contributed by atoms with Crippen molar-refractivity contribution in [3.8, 4) is 12.3 Å². The first kappa shape index (κ1) is 17.6. The maximum absolute atomic E-state index is 12.2. The van der Waals surface area contributed by atoms with Crippen LogP contribution in [-0.4, -0.2) is 29.9 Å². The molecule has 1 N–H and O–H groups in total. The van der Waals surface area contributed by atoms with Gasteiger partial charge in [-0.25, -0.2) is 0 Å². The minimum absolute atomic E-state index is 0.0997. The summed E-state index contributed by atoms with van der Waals surface area (Å²) in [6.07, 6.45) is 6.39. The lowest BCUT2D eigenvalue weighted by Gasteiger charge is -2.22. The fourth-order valence-electron chi connectivity index (χ4n) is 2.20. The van der Waals surface area contributed by atoms with Crippen LogP contribution in [-0.2, 0) is 11.3 Å². The summed E-state index contributed by atoms with van der Waals surface area (Å²) in [7, 11) is 1.81. The van der Waals surface area contributed by atoms with E-state index in [-0.39, 0.29) is 18.0 Å². The second kappa shape index (κ2) is 8.71. The van der Waals surface area contributed by atoms with E-state index in [0.29, 0.717) is 24.4 Å². The predicted octanol–water partition coefficient (Wildman–Crippen LogP) is 3.08. The van der Waals surface area contributed by atoms with Crippen LogP contribution in [0.1, 0.15) is 32.3 Å². The Morgan fingerprint density at radius 1 is 1.43 bits per heavy atom. The lowest BCUT2D eigenvalue weighted by molar-refractivity contribution is -0.130. The molecule has 0 fully saturated rings. The van der Waals surface area contributed by atoms with Gasteiger partial charge in [0, 0.05) is 43.5 Å². The molecule has 0 radical (unpaired) electrons. The molecule has 1 aromatic rings. The van der Waals surface area contributed by atoms with Gasteiger partial charge in [-0.1, -0.05) is 23.7 Å². The third-order valence-electron chi connectivity index (χ3n) is 3.21. The van der Waals surface area contributed by atoms with Gasteiger partial charge in [0.2, 0.25) is 5.91 Å². The molecule has 0 aromatic heterocycles. The molecule has 21 heavy (non-hydrogen) atoms. The molecule has 4 heteroatoms. The predicted molar refractivity (Wildman–Crippen MR) is 88.1 cm³/mol. The van der Waals surface area contributed by atoms with E-state index >= 15 is 0 Å². The van der Waals surface area contributed by atoms with E-state index in [1.165, 1.54) is 0 Å². The number of benzene rings is 1. The third kappa shape index (κ3) is 6.66. The summed E-state index contributed by atoms with van der Waals surface area (Å²) in [6, 6.07) is 7.88. The minimum atomic E-state index is 0.0997. The smallest absolute Gasteiger partial charge is 0.224 e. The maximum Gasteiger partial charge on any atom is 0.224 e. The molecule has 1 aromatic carbocycles. The molecular weight excluding hydrogens is 284 g/mol. The highest BCUT2D eigenvalue weighted by molar-refractivity contribution is 6.30. The summed E-state index contributed by atoms with van der Waals surface area (Å²) in [5, 5.41) is 4.01. The van der Waals surface area contributed by atoms with Crippen LogP contribution in [0.15, 0.2) is 24.3 Å². The largest absolute Gasteiger partial charge is 0.341 e. The van der Waals surface area contributed by atoms with Crippen molar-refractivity contribution in [3.63, 3.8) is 0 Å². The van der Waals surface area contributed by atoms with Crippen LogP contribution < -0.4 is 5.32 Å². The van der Waals surface area contributed by atoms with Crippen molar-refractivity contribution in [2.75, 3.05) is 7.05 Å². The SMILES string of the molecule is C#CC[C@H](C)N[C@@H](C)CC(=O)N(C)Cc1cccc(Cl)c1. The topological polar surface area (TPSA) is 32.3 Å². The van der Waals surface area contributed by atoms with Gasteiger partial charge in [0.1, 0.15) is 0 Å². The number of hydrogen-bond donors (Lipinski definition) is 1. The van der Waals surface area contributed by atoms with Gasteiger partial charge in [0.15, 0.2) is 0 Å². The van der Waals surface area contributed by atoms with Gasteiger partial charge in [0.05, 0.1) is 0 Å². The summed E-state index contributed by atoms with van der Waals surface area (Å²) in [5.41, 5.74) is 1.03. The maximum atomic E-state index is 12.2. The van der Waals surface area contributed by atoms with Crippen LogP contribution in [0.3, 0.4) is 0 Å². The average molecular weight is 307 g/mol. The van der Waals surface area contributed by atoms with E-state index in [9.17, 15) is 4.79 Å². The van der Waals surface area contributed by atoms with Crippen LogP contribution in [0, 0.1) is 12.3 Å². The number of carbonyl (C=O) groups is 1. The molecule has 0 aliphatic rings. The summed E-state index contributed by atoms with van der Waals surface area (Å²) in [6.45, 7) is 4.58. The molecule has 114 valence electrons. The van der Waals surface area contributed by atoms with Crippen LogP contribution >= 0.6 is 11.6 Å². The molecular formula is C17H23ClN2O. The van der Waals surface area contributed by atoms with E-state index in [0.717, 1.165) is 5.56 Å². The van der Waals surface area contributed by atoms with Gasteiger partial charge >= 0.3 is 0 Å². The van der Waals surface area contributed by atoms with E-state index in [1.54, 1.807) is 11.9 Å². The quantitative estimate of drug-likeness (QED) is 0.785. The lowest BCUT2D eigenvalue weighted by Crippen LogP contribution is -2.38.